The lowest BCUT2D eigenvalue weighted by atomic mass is 10.2. The van der Waals surface area contributed by atoms with Crippen LogP contribution in [-0.2, 0) is 11.3 Å². The zero-order valence-electron chi connectivity index (χ0n) is 15.2. The van der Waals surface area contributed by atoms with Crippen LogP contribution in [0.3, 0.4) is 0 Å². The van der Waals surface area contributed by atoms with Gasteiger partial charge in [-0.05, 0) is 30.3 Å². The van der Waals surface area contributed by atoms with Crippen molar-refractivity contribution in [1.29, 1.82) is 0 Å². The van der Waals surface area contributed by atoms with Crippen LogP contribution < -0.4 is 10.9 Å². The van der Waals surface area contributed by atoms with E-state index >= 15 is 0 Å². The molecule has 3 aromatic rings. The van der Waals surface area contributed by atoms with E-state index in [9.17, 15) is 9.59 Å². The molecular weight excluding hydrogens is 408 g/mol. The summed E-state index contributed by atoms with van der Waals surface area (Å²) in [6.45, 7) is 4.35. The maximum absolute atomic E-state index is 13.1. The first-order chi connectivity index (χ1) is 14.1. The summed E-state index contributed by atoms with van der Waals surface area (Å²) < 4.78 is 7.16. The summed E-state index contributed by atoms with van der Waals surface area (Å²) >= 11 is 6.50. The van der Waals surface area contributed by atoms with Crippen LogP contribution in [0.1, 0.15) is 11.3 Å². The maximum Gasteiger partial charge on any atom is 0.267 e. The van der Waals surface area contributed by atoms with Crippen LogP contribution in [-0.4, -0.2) is 31.1 Å². The number of fused-ring (bicyclic) bond motifs is 1. The Morgan fingerprint density at radius 1 is 1.28 bits per heavy atom. The Morgan fingerprint density at radius 3 is 2.90 bits per heavy atom. The number of rotatable bonds is 6. The number of thioether (sulfide) groups is 1. The Morgan fingerprint density at radius 2 is 2.14 bits per heavy atom. The fourth-order valence-corrected chi connectivity index (χ4v) is 4.10. The molecule has 0 atom stereocenters. The van der Waals surface area contributed by atoms with Gasteiger partial charge in [-0.1, -0.05) is 36.1 Å². The second-order valence-corrected chi connectivity index (χ2v) is 7.80. The summed E-state index contributed by atoms with van der Waals surface area (Å²) in [7, 11) is 0. The Kier molecular flexibility index (Phi) is 5.32. The van der Waals surface area contributed by atoms with Crippen LogP contribution in [0.2, 0.25) is 0 Å². The quantitative estimate of drug-likeness (QED) is 0.369. The summed E-state index contributed by atoms with van der Waals surface area (Å²) in [5.41, 5.74) is 0.513. The van der Waals surface area contributed by atoms with E-state index in [0.717, 1.165) is 11.8 Å². The Hall–Kier alpha value is -3.17. The lowest BCUT2D eigenvalue weighted by Crippen LogP contribution is -2.27. The molecule has 7 nitrogen and oxygen atoms in total. The molecule has 4 heterocycles. The molecule has 0 bridgehead atoms. The van der Waals surface area contributed by atoms with Crippen molar-refractivity contribution in [3.63, 3.8) is 0 Å². The van der Waals surface area contributed by atoms with Gasteiger partial charge in [-0.25, -0.2) is 4.98 Å². The summed E-state index contributed by atoms with van der Waals surface area (Å²) in [6.07, 6.45) is 6.40. The van der Waals surface area contributed by atoms with Crippen LogP contribution in [0.15, 0.2) is 69.6 Å². The zero-order valence-corrected chi connectivity index (χ0v) is 16.8. The van der Waals surface area contributed by atoms with Gasteiger partial charge in [0.25, 0.3) is 11.5 Å². The number of nitrogens with one attached hydrogen (secondary N) is 1. The molecule has 1 amide bonds. The highest BCUT2D eigenvalue weighted by atomic mass is 32.2. The van der Waals surface area contributed by atoms with E-state index in [0.29, 0.717) is 33.0 Å². The number of anilines is 1. The normalized spacial score (nSPS) is 15.4. The first kappa shape index (κ1) is 19.2. The van der Waals surface area contributed by atoms with E-state index < -0.39 is 0 Å². The Bertz CT molecular complexity index is 1200. The molecule has 0 radical (unpaired) electrons. The van der Waals surface area contributed by atoms with E-state index in [1.54, 1.807) is 54.9 Å². The number of pyridine rings is 1. The van der Waals surface area contributed by atoms with Gasteiger partial charge in [0.1, 0.15) is 21.5 Å². The highest BCUT2D eigenvalue weighted by molar-refractivity contribution is 8.26. The molecule has 0 saturated carbocycles. The molecule has 3 aromatic heterocycles. The SMILES string of the molecule is C=CCNc1nc2ccccn2c(=O)c1/C=C1/SC(=S)N(Cc2ccco2)C1=O. The number of aromatic nitrogens is 2. The largest absolute Gasteiger partial charge is 0.467 e. The minimum atomic E-state index is -0.279. The summed E-state index contributed by atoms with van der Waals surface area (Å²) in [5, 5.41) is 3.07. The van der Waals surface area contributed by atoms with E-state index in [1.165, 1.54) is 9.30 Å². The first-order valence-corrected chi connectivity index (χ1v) is 9.95. The number of amides is 1. The molecule has 0 unspecified atom stereocenters. The van der Waals surface area contributed by atoms with Crippen LogP contribution in [0.5, 0.6) is 0 Å². The van der Waals surface area contributed by atoms with E-state index in [-0.39, 0.29) is 23.6 Å². The third-order valence-corrected chi connectivity index (χ3v) is 5.60. The van der Waals surface area contributed by atoms with Crippen molar-refractivity contribution in [2.45, 2.75) is 6.54 Å². The Labute approximate surface area is 175 Å². The topological polar surface area (TPSA) is 79.9 Å². The minimum absolute atomic E-state index is 0.242. The van der Waals surface area contributed by atoms with Gasteiger partial charge in [0.2, 0.25) is 0 Å². The second-order valence-electron chi connectivity index (χ2n) is 6.12. The number of thiocarbonyl (C=S) groups is 1. The molecule has 0 aliphatic carbocycles. The molecule has 9 heteroatoms. The third kappa shape index (κ3) is 3.74. The van der Waals surface area contributed by atoms with Crippen LogP contribution >= 0.6 is 24.0 Å². The number of furan rings is 1. The monoisotopic (exact) mass is 424 g/mol. The molecule has 0 aromatic carbocycles. The van der Waals surface area contributed by atoms with Crippen LogP contribution in [0.25, 0.3) is 11.7 Å². The van der Waals surface area contributed by atoms with E-state index in [2.05, 4.69) is 16.9 Å². The summed E-state index contributed by atoms with van der Waals surface area (Å²) in [5.74, 6) is 0.740. The predicted molar refractivity (Wildman–Crippen MR) is 118 cm³/mol. The van der Waals surface area contributed by atoms with Crippen molar-refractivity contribution in [1.82, 2.24) is 14.3 Å². The molecule has 146 valence electrons. The van der Waals surface area contributed by atoms with Gasteiger partial charge in [0.15, 0.2) is 0 Å². The summed E-state index contributed by atoms with van der Waals surface area (Å²) in [6, 6.07) is 8.83. The molecule has 1 saturated heterocycles. The predicted octanol–water partition coefficient (Wildman–Crippen LogP) is 3.29. The number of nitrogens with zero attached hydrogens (tertiary/aromatic N) is 3. The lowest BCUT2D eigenvalue weighted by molar-refractivity contribution is -0.122. The molecular formula is C20H16N4O3S2. The lowest BCUT2D eigenvalue weighted by Gasteiger charge is -2.12. The van der Waals surface area contributed by atoms with Gasteiger partial charge in [0, 0.05) is 12.7 Å². The fraction of sp³-hybridized carbons (Fsp3) is 0.100. The highest BCUT2D eigenvalue weighted by Gasteiger charge is 2.33. The average molecular weight is 425 g/mol. The van der Waals surface area contributed by atoms with E-state index in [4.69, 9.17) is 16.6 Å². The fourth-order valence-electron chi connectivity index (χ4n) is 2.86. The average Bonchev–Trinajstić information content (AvgIpc) is 3.33. The number of hydrogen-bond acceptors (Lipinski definition) is 7. The van der Waals surface area contributed by atoms with Gasteiger partial charge in [-0.15, -0.1) is 6.58 Å². The van der Waals surface area contributed by atoms with Crippen molar-refractivity contribution in [2.24, 2.45) is 0 Å². The third-order valence-electron chi connectivity index (χ3n) is 4.23. The molecule has 1 aliphatic rings. The molecule has 1 N–H and O–H groups in total. The number of carbonyl (C=O) groups excluding carboxylic acids is 1. The molecule has 0 spiro atoms. The van der Waals surface area contributed by atoms with Crippen molar-refractivity contribution < 1.29 is 9.21 Å². The van der Waals surface area contributed by atoms with Gasteiger partial charge in [0.05, 0.1) is 23.3 Å². The second kappa shape index (κ2) is 8.06. The molecule has 4 rings (SSSR count). The van der Waals surface area contributed by atoms with Crippen molar-refractivity contribution >= 4 is 51.7 Å². The van der Waals surface area contributed by atoms with Crippen molar-refractivity contribution in [2.75, 3.05) is 11.9 Å². The number of hydrogen-bond donors (Lipinski definition) is 1. The molecule has 29 heavy (non-hydrogen) atoms. The van der Waals surface area contributed by atoms with Gasteiger partial charge < -0.3 is 9.73 Å². The first-order valence-electron chi connectivity index (χ1n) is 8.72. The highest BCUT2D eigenvalue weighted by Crippen LogP contribution is 2.34. The van der Waals surface area contributed by atoms with Crippen molar-refractivity contribution in [3.8, 4) is 0 Å². The van der Waals surface area contributed by atoms with Gasteiger partial charge in [-0.3, -0.25) is 18.9 Å². The smallest absolute Gasteiger partial charge is 0.267 e. The maximum atomic E-state index is 13.1. The van der Waals surface area contributed by atoms with Gasteiger partial charge >= 0.3 is 0 Å². The Balaban J connectivity index is 1.76. The standard InChI is InChI=1S/C20H16N4O3S2/c1-2-8-21-17-14(18(25)23-9-4-3-7-16(23)22-17)11-15-19(26)24(20(28)29-15)12-13-6-5-10-27-13/h2-7,9-11,21H,1,8,12H2/b15-11+. The van der Waals surface area contributed by atoms with Crippen LogP contribution in [0, 0.1) is 0 Å². The molecule has 1 aliphatic heterocycles. The minimum Gasteiger partial charge on any atom is -0.467 e. The van der Waals surface area contributed by atoms with Crippen molar-refractivity contribution in [3.05, 3.63) is 82.0 Å². The summed E-state index contributed by atoms with van der Waals surface area (Å²) in [4.78, 5) is 32.3. The molecule has 1 fully saturated rings. The zero-order chi connectivity index (χ0) is 20.4. The number of carbonyl (C=O) groups is 1. The van der Waals surface area contributed by atoms with Gasteiger partial charge in [-0.2, -0.15) is 0 Å². The van der Waals surface area contributed by atoms with Crippen LogP contribution in [0.4, 0.5) is 5.82 Å². The van der Waals surface area contributed by atoms with E-state index in [1.807, 2.05) is 0 Å².